The van der Waals surface area contributed by atoms with E-state index in [0.717, 1.165) is 0 Å². The van der Waals surface area contributed by atoms with Crippen molar-refractivity contribution in [1.82, 2.24) is 9.55 Å². The minimum Gasteiger partial charge on any atom is -0.495 e. The Hall–Kier alpha value is -2.55. The minimum atomic E-state index is -3.85. The third-order valence-corrected chi connectivity index (χ3v) is 5.01. The van der Waals surface area contributed by atoms with Gasteiger partial charge in [0.1, 0.15) is 11.6 Å². The zero-order valence-corrected chi connectivity index (χ0v) is 14.4. The summed E-state index contributed by atoms with van der Waals surface area (Å²) in [6.07, 6.45) is 1.52. The fourth-order valence-corrected chi connectivity index (χ4v) is 3.41. The molecule has 2 aromatic rings. The van der Waals surface area contributed by atoms with Crippen LogP contribution >= 0.6 is 0 Å². The summed E-state index contributed by atoms with van der Waals surface area (Å²) in [4.78, 5) is 14.7. The number of carboxylic acid groups (broad SMARTS) is 1. The molecule has 0 saturated heterocycles. The van der Waals surface area contributed by atoms with Crippen LogP contribution in [-0.2, 0) is 28.3 Å². The third-order valence-electron chi connectivity index (χ3n) is 3.59. The number of nitrogens with one attached hydrogen (secondary N) is 1. The molecule has 1 heterocycles. The van der Waals surface area contributed by atoms with Gasteiger partial charge in [-0.05, 0) is 31.0 Å². The molecule has 0 aliphatic carbocycles. The lowest BCUT2D eigenvalue weighted by Gasteiger charge is -2.13. The van der Waals surface area contributed by atoms with Crippen LogP contribution < -0.4 is 9.46 Å². The van der Waals surface area contributed by atoms with Gasteiger partial charge in [0.05, 0.1) is 19.0 Å². The smallest absolute Gasteiger partial charge is 0.303 e. The molecule has 0 atom stereocenters. The molecule has 24 heavy (non-hydrogen) atoms. The average Bonchev–Trinajstić information content (AvgIpc) is 2.85. The zero-order chi connectivity index (χ0) is 17.9. The van der Waals surface area contributed by atoms with Crippen LogP contribution in [-0.4, -0.2) is 36.2 Å². The predicted octanol–water partition coefficient (Wildman–Crippen LogP) is 1.56. The van der Waals surface area contributed by atoms with Crippen LogP contribution in [0.15, 0.2) is 29.4 Å². The van der Waals surface area contributed by atoms with Crippen LogP contribution in [0.25, 0.3) is 0 Å². The number of ether oxygens (including phenoxy) is 1. The molecule has 0 bridgehead atoms. The number of aromatic nitrogens is 2. The first-order chi connectivity index (χ1) is 11.2. The Morgan fingerprint density at radius 1 is 1.42 bits per heavy atom. The Kier molecular flexibility index (Phi) is 5.13. The van der Waals surface area contributed by atoms with Crippen molar-refractivity contribution in [2.45, 2.75) is 24.8 Å². The zero-order valence-electron chi connectivity index (χ0n) is 13.6. The van der Waals surface area contributed by atoms with Gasteiger partial charge in [-0.15, -0.1) is 0 Å². The first kappa shape index (κ1) is 17.8. The number of anilines is 1. The molecule has 0 spiro atoms. The number of sulfonamides is 1. The summed E-state index contributed by atoms with van der Waals surface area (Å²) in [5, 5.41) is 8.79. The van der Waals surface area contributed by atoms with Crippen LogP contribution in [0.2, 0.25) is 0 Å². The second-order valence-corrected chi connectivity index (χ2v) is 6.87. The summed E-state index contributed by atoms with van der Waals surface area (Å²) in [5.74, 6) is -0.00704. The van der Waals surface area contributed by atoms with Crippen molar-refractivity contribution >= 4 is 21.7 Å². The predicted molar refractivity (Wildman–Crippen MR) is 87.7 cm³/mol. The van der Waals surface area contributed by atoms with E-state index < -0.39 is 16.0 Å². The van der Waals surface area contributed by atoms with E-state index in [2.05, 4.69) is 9.71 Å². The van der Waals surface area contributed by atoms with Crippen molar-refractivity contribution in [3.05, 3.63) is 35.8 Å². The molecule has 2 N–H and O–H groups in total. The highest BCUT2D eigenvalue weighted by molar-refractivity contribution is 7.92. The maximum absolute atomic E-state index is 12.6. The van der Waals surface area contributed by atoms with Gasteiger partial charge in [0, 0.05) is 13.5 Å². The first-order valence-electron chi connectivity index (χ1n) is 7.14. The number of nitrogens with zero attached hydrogens (tertiary/aromatic N) is 2. The number of carboxylic acids is 1. The van der Waals surface area contributed by atoms with Crippen molar-refractivity contribution < 1.29 is 23.1 Å². The number of carbonyl (C=O) groups is 1. The Morgan fingerprint density at radius 2 is 2.12 bits per heavy atom. The summed E-state index contributed by atoms with van der Waals surface area (Å²) in [5.41, 5.74) is 0.941. The van der Waals surface area contributed by atoms with Gasteiger partial charge in [-0.1, -0.05) is 6.07 Å². The average molecular weight is 353 g/mol. The molecule has 0 saturated carbocycles. The highest BCUT2D eigenvalue weighted by atomic mass is 32.2. The first-order valence-corrected chi connectivity index (χ1v) is 8.62. The largest absolute Gasteiger partial charge is 0.495 e. The van der Waals surface area contributed by atoms with Crippen molar-refractivity contribution in [2.75, 3.05) is 11.8 Å². The van der Waals surface area contributed by atoms with E-state index in [1.54, 1.807) is 32.2 Å². The molecular weight excluding hydrogens is 334 g/mol. The molecular formula is C15H19N3O5S. The van der Waals surface area contributed by atoms with Crippen LogP contribution in [0.5, 0.6) is 5.75 Å². The van der Waals surface area contributed by atoms with Crippen LogP contribution in [0.3, 0.4) is 0 Å². The summed E-state index contributed by atoms with van der Waals surface area (Å²) in [6, 6.07) is 4.87. The molecule has 0 aliphatic rings. The van der Waals surface area contributed by atoms with Gasteiger partial charge in [-0.2, -0.15) is 8.42 Å². The van der Waals surface area contributed by atoms with Crippen molar-refractivity contribution in [3.8, 4) is 5.75 Å². The Labute approximate surface area is 140 Å². The fourth-order valence-electron chi connectivity index (χ4n) is 2.17. The molecule has 130 valence electrons. The quantitative estimate of drug-likeness (QED) is 0.781. The lowest BCUT2D eigenvalue weighted by Crippen LogP contribution is -2.17. The number of hydrogen-bond donors (Lipinski definition) is 2. The van der Waals surface area contributed by atoms with Gasteiger partial charge in [-0.25, -0.2) is 4.98 Å². The molecule has 9 heteroatoms. The summed E-state index contributed by atoms with van der Waals surface area (Å²) < 4.78 is 34.2. The molecule has 2 rings (SSSR count). The maximum Gasteiger partial charge on any atom is 0.303 e. The van der Waals surface area contributed by atoms with Gasteiger partial charge in [0.25, 0.3) is 10.0 Å². The maximum atomic E-state index is 12.6. The number of hydrogen-bond acceptors (Lipinski definition) is 5. The highest BCUT2D eigenvalue weighted by Gasteiger charge is 2.21. The van der Waals surface area contributed by atoms with Gasteiger partial charge < -0.3 is 14.4 Å². The Morgan fingerprint density at radius 3 is 2.67 bits per heavy atom. The van der Waals surface area contributed by atoms with Gasteiger partial charge in [0.2, 0.25) is 0 Å². The van der Waals surface area contributed by atoms with E-state index >= 15 is 0 Å². The van der Waals surface area contributed by atoms with E-state index in [-0.39, 0.29) is 17.1 Å². The van der Waals surface area contributed by atoms with Crippen molar-refractivity contribution in [3.63, 3.8) is 0 Å². The molecule has 0 aliphatic heterocycles. The second kappa shape index (κ2) is 6.91. The standard InChI is InChI=1S/C15H19N3O5S/c1-10-16-9-14(18(10)2)24(21,22)17-12-8-11(5-7-15(19)20)4-6-13(12)23-3/h4,6,8-9,17H,5,7H2,1-3H3,(H,19,20). The van der Waals surface area contributed by atoms with Crippen molar-refractivity contribution in [2.24, 2.45) is 7.05 Å². The number of rotatable bonds is 7. The number of aliphatic carboxylic acids is 1. The van der Waals surface area contributed by atoms with Gasteiger partial charge in [0.15, 0.2) is 5.03 Å². The molecule has 0 unspecified atom stereocenters. The van der Waals surface area contributed by atoms with Gasteiger partial charge in [-0.3, -0.25) is 9.52 Å². The molecule has 8 nitrogen and oxygen atoms in total. The van der Waals surface area contributed by atoms with Gasteiger partial charge >= 0.3 is 5.97 Å². The van der Waals surface area contributed by atoms with Crippen LogP contribution in [0, 0.1) is 6.92 Å². The second-order valence-electron chi connectivity index (χ2n) is 5.24. The normalized spacial score (nSPS) is 11.3. The van der Waals surface area contributed by atoms with E-state index in [1.165, 1.54) is 17.9 Å². The molecule has 1 aromatic carbocycles. The molecule has 0 amide bonds. The van der Waals surface area contributed by atoms with Crippen LogP contribution in [0.1, 0.15) is 17.8 Å². The summed E-state index contributed by atoms with van der Waals surface area (Å²) >= 11 is 0. The number of benzene rings is 1. The number of imidazole rings is 1. The molecule has 0 fully saturated rings. The third kappa shape index (κ3) is 3.85. The fraction of sp³-hybridized carbons (Fsp3) is 0.333. The topological polar surface area (TPSA) is 111 Å². The monoisotopic (exact) mass is 353 g/mol. The van der Waals surface area contributed by atoms with E-state index in [4.69, 9.17) is 9.84 Å². The molecule has 1 aromatic heterocycles. The summed E-state index contributed by atoms with van der Waals surface area (Å²) in [6.45, 7) is 1.70. The Balaban J connectivity index is 2.34. The lowest BCUT2D eigenvalue weighted by molar-refractivity contribution is -0.136. The minimum absolute atomic E-state index is 0.0259. The number of methoxy groups -OCH3 is 1. The van der Waals surface area contributed by atoms with Crippen LogP contribution in [0.4, 0.5) is 5.69 Å². The highest BCUT2D eigenvalue weighted by Crippen LogP contribution is 2.28. The van der Waals surface area contributed by atoms with E-state index in [9.17, 15) is 13.2 Å². The SMILES string of the molecule is COc1ccc(CCC(=O)O)cc1NS(=O)(=O)c1cnc(C)n1C. The van der Waals surface area contributed by atoms with E-state index in [0.29, 0.717) is 23.6 Å². The molecule has 0 radical (unpaired) electrons. The van der Waals surface area contributed by atoms with Crippen molar-refractivity contribution in [1.29, 1.82) is 0 Å². The van der Waals surface area contributed by atoms with E-state index in [1.807, 2.05) is 0 Å². The summed E-state index contributed by atoms with van der Waals surface area (Å²) in [7, 11) is -0.812. The Bertz CT molecular complexity index is 858. The lowest BCUT2D eigenvalue weighted by atomic mass is 10.1. The number of aryl methyl sites for hydroxylation is 2.